The van der Waals surface area contributed by atoms with Crippen LogP contribution >= 0.6 is 0 Å². The van der Waals surface area contributed by atoms with Gasteiger partial charge in [-0.05, 0) is 11.6 Å². The van der Waals surface area contributed by atoms with Gasteiger partial charge in [0.25, 0.3) is 0 Å². The van der Waals surface area contributed by atoms with Crippen LogP contribution in [-0.4, -0.2) is 13.7 Å². The third kappa shape index (κ3) is 1.23. The molecule has 13 heavy (non-hydrogen) atoms. The Hall–Kier alpha value is -1.29. The Labute approximate surface area is 76.9 Å². The third-order valence-electron chi connectivity index (χ3n) is 2.10. The highest BCUT2D eigenvalue weighted by Crippen LogP contribution is 2.26. The van der Waals surface area contributed by atoms with Gasteiger partial charge < -0.3 is 5.73 Å². The molecule has 2 N–H and O–H groups in total. The lowest BCUT2D eigenvalue weighted by molar-refractivity contribution is 0.601. The van der Waals surface area contributed by atoms with Crippen molar-refractivity contribution in [2.24, 2.45) is 5.73 Å². The molecule has 4 heteroatoms. The van der Waals surface area contributed by atoms with Gasteiger partial charge in [0.2, 0.25) is 0 Å². The van der Waals surface area contributed by atoms with Crippen LogP contribution < -0.4 is 5.73 Å². The van der Waals surface area contributed by atoms with Crippen molar-refractivity contribution < 1.29 is 8.42 Å². The molecule has 1 aliphatic carbocycles. The molecule has 0 radical (unpaired) electrons. The molecular formula is C9H9NO2S. The molecule has 1 unspecified atom stereocenters. The third-order valence-corrected chi connectivity index (χ3v) is 3.74. The first-order valence-electron chi connectivity index (χ1n) is 3.88. The molecule has 1 aliphatic heterocycles. The largest absolute Gasteiger partial charge is 0.398 e. The number of nitrogens with two attached hydrogens (primary N) is 1. The molecule has 0 amide bonds. The first-order valence-corrected chi connectivity index (χ1v) is 5.49. The first-order chi connectivity index (χ1) is 6.11. The van der Waals surface area contributed by atoms with Crippen LogP contribution in [0.25, 0.3) is 0 Å². The first kappa shape index (κ1) is 8.31. The summed E-state index contributed by atoms with van der Waals surface area (Å²) in [5.41, 5.74) is 6.85. The van der Waals surface area contributed by atoms with Crippen LogP contribution in [0.4, 0.5) is 0 Å². The second-order valence-electron chi connectivity index (χ2n) is 2.97. The van der Waals surface area contributed by atoms with Crippen molar-refractivity contribution in [3.8, 4) is 0 Å². The molecule has 2 aliphatic rings. The van der Waals surface area contributed by atoms with Gasteiger partial charge in [-0.1, -0.05) is 24.3 Å². The van der Waals surface area contributed by atoms with Crippen LogP contribution in [0.5, 0.6) is 0 Å². The second kappa shape index (κ2) is 2.60. The molecule has 0 aromatic heterocycles. The Morgan fingerprint density at radius 2 is 2.00 bits per heavy atom. The normalized spacial score (nSPS) is 29.1. The fourth-order valence-electron chi connectivity index (χ4n) is 1.42. The smallest absolute Gasteiger partial charge is 0.182 e. The Morgan fingerprint density at radius 3 is 2.69 bits per heavy atom. The Morgan fingerprint density at radius 1 is 1.23 bits per heavy atom. The molecule has 0 saturated heterocycles. The lowest BCUT2D eigenvalue weighted by atomic mass is 10.0. The Kier molecular flexibility index (Phi) is 1.66. The highest BCUT2D eigenvalue weighted by molar-refractivity contribution is 7.95. The maximum Gasteiger partial charge on any atom is 0.182 e. The molecule has 0 fully saturated rings. The summed E-state index contributed by atoms with van der Waals surface area (Å²) >= 11 is 0. The lowest BCUT2D eigenvalue weighted by Crippen LogP contribution is -2.25. The van der Waals surface area contributed by atoms with Crippen molar-refractivity contribution in [2.45, 2.75) is 5.25 Å². The zero-order valence-electron chi connectivity index (χ0n) is 6.84. The fraction of sp³-hybridized carbons (Fsp3) is 0.111. The zero-order chi connectivity index (χ0) is 9.47. The summed E-state index contributed by atoms with van der Waals surface area (Å²) in [4.78, 5) is 0. The molecule has 0 aromatic rings. The van der Waals surface area contributed by atoms with Gasteiger partial charge in [-0.15, -0.1) is 0 Å². The molecule has 0 aromatic carbocycles. The minimum absolute atomic E-state index is 0.528. The van der Waals surface area contributed by atoms with Crippen LogP contribution in [0.1, 0.15) is 0 Å². The van der Waals surface area contributed by atoms with E-state index in [0.29, 0.717) is 11.3 Å². The number of fused-ring (bicyclic) bond motifs is 1. The van der Waals surface area contributed by atoms with E-state index in [1.54, 1.807) is 24.3 Å². The van der Waals surface area contributed by atoms with Crippen molar-refractivity contribution in [2.75, 3.05) is 0 Å². The SMILES string of the molecule is NC1=C2C=CC=CC2S(=O)(=O)C=C1. The van der Waals surface area contributed by atoms with Gasteiger partial charge in [-0.3, -0.25) is 0 Å². The van der Waals surface area contributed by atoms with Crippen LogP contribution in [0.2, 0.25) is 0 Å². The van der Waals surface area contributed by atoms with Gasteiger partial charge in [0.15, 0.2) is 9.84 Å². The van der Waals surface area contributed by atoms with Gasteiger partial charge >= 0.3 is 0 Å². The Bertz CT molecular complexity index is 452. The van der Waals surface area contributed by atoms with Gasteiger partial charge in [0, 0.05) is 11.1 Å². The quantitative estimate of drug-likeness (QED) is 0.617. The minimum Gasteiger partial charge on any atom is -0.398 e. The number of hydrogen-bond acceptors (Lipinski definition) is 3. The van der Waals surface area contributed by atoms with Gasteiger partial charge in [-0.25, -0.2) is 8.42 Å². The molecule has 0 saturated carbocycles. The van der Waals surface area contributed by atoms with E-state index in [1.165, 1.54) is 11.5 Å². The van der Waals surface area contributed by atoms with Gasteiger partial charge in [0.1, 0.15) is 5.25 Å². The summed E-state index contributed by atoms with van der Waals surface area (Å²) < 4.78 is 23.0. The van der Waals surface area contributed by atoms with E-state index < -0.39 is 15.1 Å². The average Bonchev–Trinajstić information content (AvgIpc) is 2.13. The monoisotopic (exact) mass is 195 g/mol. The van der Waals surface area contributed by atoms with Crippen LogP contribution in [0.3, 0.4) is 0 Å². The van der Waals surface area contributed by atoms with Gasteiger partial charge in [0.05, 0.1) is 0 Å². The number of hydrogen-bond donors (Lipinski definition) is 1. The van der Waals surface area contributed by atoms with E-state index in [4.69, 9.17) is 5.73 Å². The fourth-order valence-corrected chi connectivity index (χ4v) is 2.80. The van der Waals surface area contributed by atoms with Crippen molar-refractivity contribution >= 4 is 9.84 Å². The summed E-state index contributed by atoms with van der Waals surface area (Å²) in [5.74, 6) is 0. The van der Waals surface area contributed by atoms with Crippen molar-refractivity contribution in [1.29, 1.82) is 0 Å². The molecule has 1 heterocycles. The summed E-state index contributed by atoms with van der Waals surface area (Å²) in [5, 5.41) is 0.586. The zero-order valence-corrected chi connectivity index (χ0v) is 7.66. The van der Waals surface area contributed by atoms with E-state index in [0.717, 1.165) is 0 Å². The number of rotatable bonds is 0. The highest BCUT2D eigenvalue weighted by atomic mass is 32.2. The predicted molar refractivity (Wildman–Crippen MR) is 51.3 cm³/mol. The topological polar surface area (TPSA) is 60.2 Å². The summed E-state index contributed by atoms with van der Waals surface area (Å²) in [6, 6.07) is 0. The summed E-state index contributed by atoms with van der Waals surface area (Å²) in [6.07, 6.45) is 8.32. The maximum absolute atomic E-state index is 11.5. The van der Waals surface area contributed by atoms with E-state index in [1.807, 2.05) is 0 Å². The molecule has 1 atom stereocenters. The molecule has 0 spiro atoms. The highest BCUT2D eigenvalue weighted by Gasteiger charge is 2.28. The molecule has 3 nitrogen and oxygen atoms in total. The summed E-state index contributed by atoms with van der Waals surface area (Å²) in [7, 11) is -3.17. The number of allylic oxidation sites excluding steroid dienone is 4. The van der Waals surface area contributed by atoms with E-state index >= 15 is 0 Å². The van der Waals surface area contributed by atoms with Crippen molar-refractivity contribution in [3.63, 3.8) is 0 Å². The van der Waals surface area contributed by atoms with E-state index in [-0.39, 0.29) is 0 Å². The lowest BCUT2D eigenvalue weighted by Gasteiger charge is -2.20. The maximum atomic E-state index is 11.5. The van der Waals surface area contributed by atoms with E-state index in [9.17, 15) is 8.42 Å². The number of sulfone groups is 1. The average molecular weight is 195 g/mol. The Balaban J connectivity index is 2.63. The van der Waals surface area contributed by atoms with Crippen LogP contribution in [-0.2, 0) is 9.84 Å². The standard InChI is InChI=1S/C9H9NO2S/c10-8-5-6-13(11,12)9-4-2-1-3-7(8)9/h1-6,9H,10H2. The molecule has 0 bridgehead atoms. The second-order valence-corrected chi connectivity index (χ2v) is 4.93. The minimum atomic E-state index is -3.17. The molecular weight excluding hydrogens is 186 g/mol. The molecule has 2 rings (SSSR count). The van der Waals surface area contributed by atoms with Crippen LogP contribution in [0.15, 0.2) is 47.1 Å². The van der Waals surface area contributed by atoms with E-state index in [2.05, 4.69) is 0 Å². The summed E-state index contributed by atoms with van der Waals surface area (Å²) in [6.45, 7) is 0. The van der Waals surface area contributed by atoms with Gasteiger partial charge in [-0.2, -0.15) is 0 Å². The van der Waals surface area contributed by atoms with Crippen molar-refractivity contribution in [3.05, 3.63) is 47.1 Å². The molecule has 68 valence electrons. The van der Waals surface area contributed by atoms with Crippen molar-refractivity contribution in [1.82, 2.24) is 0 Å². The predicted octanol–water partition coefficient (Wildman–Crippen LogP) is 0.636. The van der Waals surface area contributed by atoms with Crippen LogP contribution in [0, 0.1) is 0 Å².